The van der Waals surface area contributed by atoms with Crippen LogP contribution in [0.25, 0.3) is 0 Å². The zero-order valence-electron chi connectivity index (χ0n) is 6.76. The summed E-state index contributed by atoms with van der Waals surface area (Å²) in [4.78, 5) is 0. The second-order valence-electron chi connectivity index (χ2n) is 3.58. The Morgan fingerprint density at radius 3 is 2.50 bits per heavy atom. The quantitative estimate of drug-likeness (QED) is 0.648. The van der Waals surface area contributed by atoms with Crippen LogP contribution in [0.2, 0.25) is 0 Å². The highest BCUT2D eigenvalue weighted by Gasteiger charge is 2.33. The van der Waals surface area contributed by atoms with E-state index in [0.717, 1.165) is 5.71 Å². The lowest BCUT2D eigenvalue weighted by Gasteiger charge is -2.26. The van der Waals surface area contributed by atoms with E-state index in [-0.39, 0.29) is 0 Å². The first kappa shape index (κ1) is 7.95. The standard InChI is InChI=1S/C8H12F2N2/c9-8(10)5-3-7(4-5)12-11-6-1-2-6/h5-6,8,11H,1-4H2. The van der Waals surface area contributed by atoms with Crippen molar-refractivity contribution in [2.75, 3.05) is 0 Å². The molecule has 4 heteroatoms. The fraction of sp³-hybridized carbons (Fsp3) is 0.875. The van der Waals surface area contributed by atoms with Crippen molar-refractivity contribution in [3.05, 3.63) is 0 Å². The van der Waals surface area contributed by atoms with Crippen molar-refractivity contribution in [2.45, 2.75) is 38.2 Å². The molecule has 2 nitrogen and oxygen atoms in total. The summed E-state index contributed by atoms with van der Waals surface area (Å²) in [6, 6.07) is 0.531. The van der Waals surface area contributed by atoms with Crippen LogP contribution in [0, 0.1) is 5.92 Å². The molecule has 68 valence electrons. The highest BCUT2D eigenvalue weighted by molar-refractivity contribution is 5.90. The number of nitrogens with zero attached hydrogens (tertiary/aromatic N) is 1. The van der Waals surface area contributed by atoms with Crippen molar-refractivity contribution >= 4 is 5.71 Å². The van der Waals surface area contributed by atoms with E-state index in [9.17, 15) is 8.78 Å². The molecular formula is C8H12F2N2. The molecule has 1 N–H and O–H groups in total. The predicted octanol–water partition coefficient (Wildman–Crippen LogP) is 1.77. The van der Waals surface area contributed by atoms with Gasteiger partial charge in [-0.3, -0.25) is 0 Å². The van der Waals surface area contributed by atoms with Gasteiger partial charge in [-0.25, -0.2) is 8.78 Å². The number of hydrazone groups is 1. The summed E-state index contributed by atoms with van der Waals surface area (Å²) in [6.45, 7) is 0. The maximum absolute atomic E-state index is 12.0. The van der Waals surface area contributed by atoms with Crippen molar-refractivity contribution < 1.29 is 8.78 Å². The summed E-state index contributed by atoms with van der Waals surface area (Å²) in [6.07, 6.45) is 1.16. The minimum Gasteiger partial charge on any atom is -0.307 e. The molecule has 0 unspecified atom stereocenters. The zero-order chi connectivity index (χ0) is 8.55. The lowest BCUT2D eigenvalue weighted by Crippen LogP contribution is -2.31. The van der Waals surface area contributed by atoms with Gasteiger partial charge in [0.15, 0.2) is 0 Å². The number of nitrogens with one attached hydrogen (secondary N) is 1. The molecule has 0 amide bonds. The molecule has 0 spiro atoms. The van der Waals surface area contributed by atoms with E-state index in [1.807, 2.05) is 0 Å². The molecule has 2 rings (SSSR count). The van der Waals surface area contributed by atoms with Crippen LogP contribution < -0.4 is 5.43 Å². The van der Waals surface area contributed by atoms with E-state index in [4.69, 9.17) is 0 Å². The highest BCUT2D eigenvalue weighted by atomic mass is 19.3. The summed E-state index contributed by atoms with van der Waals surface area (Å²) < 4.78 is 24.0. The van der Waals surface area contributed by atoms with E-state index in [0.29, 0.717) is 18.9 Å². The first-order valence-corrected chi connectivity index (χ1v) is 4.35. The third kappa shape index (κ3) is 1.73. The lowest BCUT2D eigenvalue weighted by atomic mass is 9.84. The molecular weight excluding hydrogens is 162 g/mol. The molecule has 0 bridgehead atoms. The number of halogens is 2. The van der Waals surface area contributed by atoms with Gasteiger partial charge >= 0.3 is 0 Å². The average molecular weight is 174 g/mol. The van der Waals surface area contributed by atoms with Crippen molar-refractivity contribution in [3.63, 3.8) is 0 Å². The van der Waals surface area contributed by atoms with Crippen molar-refractivity contribution in [1.82, 2.24) is 5.43 Å². The molecule has 0 heterocycles. The normalized spacial score (nSPS) is 28.6. The molecule has 2 aliphatic rings. The summed E-state index contributed by atoms with van der Waals surface area (Å²) in [5, 5.41) is 4.06. The molecule has 2 fully saturated rings. The van der Waals surface area contributed by atoms with Gasteiger partial charge in [0.25, 0.3) is 0 Å². The van der Waals surface area contributed by atoms with Crippen LogP contribution in [-0.4, -0.2) is 18.2 Å². The Bertz CT molecular complexity index is 191. The van der Waals surface area contributed by atoms with E-state index in [2.05, 4.69) is 10.5 Å². The monoisotopic (exact) mass is 174 g/mol. The van der Waals surface area contributed by atoms with E-state index in [1.165, 1.54) is 12.8 Å². The Hall–Kier alpha value is -0.670. The van der Waals surface area contributed by atoms with Gasteiger partial charge in [0, 0.05) is 17.7 Å². The number of alkyl halides is 2. The number of hydrogen-bond donors (Lipinski definition) is 1. The fourth-order valence-corrected chi connectivity index (χ4v) is 1.21. The average Bonchev–Trinajstić information content (AvgIpc) is 2.66. The second kappa shape index (κ2) is 2.99. The van der Waals surface area contributed by atoms with Crippen LogP contribution in [0.15, 0.2) is 5.10 Å². The molecule has 0 radical (unpaired) electrons. The molecule has 2 aliphatic carbocycles. The Morgan fingerprint density at radius 2 is 2.00 bits per heavy atom. The molecule has 0 aromatic rings. The van der Waals surface area contributed by atoms with Crippen LogP contribution in [0.5, 0.6) is 0 Å². The number of rotatable bonds is 3. The fourth-order valence-electron chi connectivity index (χ4n) is 1.21. The minimum absolute atomic E-state index is 0.426. The van der Waals surface area contributed by atoms with Gasteiger partial charge in [-0.2, -0.15) is 5.10 Å². The van der Waals surface area contributed by atoms with E-state index in [1.54, 1.807) is 0 Å². The smallest absolute Gasteiger partial charge is 0.242 e. The van der Waals surface area contributed by atoms with Crippen LogP contribution in [0.3, 0.4) is 0 Å². The van der Waals surface area contributed by atoms with E-state index < -0.39 is 12.3 Å². The highest BCUT2D eigenvalue weighted by Crippen LogP contribution is 2.30. The third-order valence-electron chi connectivity index (χ3n) is 2.33. The lowest BCUT2D eigenvalue weighted by molar-refractivity contribution is 0.0715. The van der Waals surface area contributed by atoms with Gasteiger partial charge in [0.05, 0.1) is 0 Å². The van der Waals surface area contributed by atoms with Gasteiger partial charge in [-0.1, -0.05) is 0 Å². The summed E-state index contributed by atoms with van der Waals surface area (Å²) >= 11 is 0. The Labute approximate surface area is 70.0 Å². The SMILES string of the molecule is FC(F)C1CC(=NNC2CC2)C1. The summed E-state index contributed by atoms with van der Waals surface area (Å²) in [5.74, 6) is -0.426. The van der Waals surface area contributed by atoms with Gasteiger partial charge in [-0.15, -0.1) is 0 Å². The second-order valence-corrected chi connectivity index (χ2v) is 3.58. The number of hydrogen-bond acceptors (Lipinski definition) is 2. The topological polar surface area (TPSA) is 24.4 Å². The van der Waals surface area contributed by atoms with Crippen molar-refractivity contribution in [3.8, 4) is 0 Å². The van der Waals surface area contributed by atoms with Gasteiger partial charge in [0.1, 0.15) is 0 Å². The van der Waals surface area contributed by atoms with Gasteiger partial charge in [-0.05, 0) is 25.7 Å². The molecule has 0 aliphatic heterocycles. The first-order valence-electron chi connectivity index (χ1n) is 4.35. The van der Waals surface area contributed by atoms with Crippen LogP contribution >= 0.6 is 0 Å². The maximum Gasteiger partial charge on any atom is 0.242 e. The molecule has 2 saturated carbocycles. The summed E-state index contributed by atoms with van der Waals surface area (Å²) in [5.41, 5.74) is 3.87. The van der Waals surface area contributed by atoms with Crippen molar-refractivity contribution in [2.24, 2.45) is 11.0 Å². The Kier molecular flexibility index (Phi) is 1.98. The van der Waals surface area contributed by atoms with Gasteiger partial charge in [0.2, 0.25) is 6.43 Å². The largest absolute Gasteiger partial charge is 0.307 e. The molecule has 0 aromatic carbocycles. The zero-order valence-corrected chi connectivity index (χ0v) is 6.76. The van der Waals surface area contributed by atoms with Crippen LogP contribution in [-0.2, 0) is 0 Å². The van der Waals surface area contributed by atoms with Gasteiger partial charge < -0.3 is 5.43 Å². The van der Waals surface area contributed by atoms with E-state index >= 15 is 0 Å². The molecule has 0 atom stereocenters. The molecule has 0 aromatic heterocycles. The Balaban J connectivity index is 1.68. The molecule has 0 saturated heterocycles. The van der Waals surface area contributed by atoms with Crippen LogP contribution in [0.4, 0.5) is 8.78 Å². The maximum atomic E-state index is 12.0. The van der Waals surface area contributed by atoms with Crippen LogP contribution in [0.1, 0.15) is 25.7 Å². The predicted molar refractivity (Wildman–Crippen MR) is 42.3 cm³/mol. The Morgan fingerprint density at radius 1 is 1.33 bits per heavy atom. The minimum atomic E-state index is -2.16. The first-order chi connectivity index (χ1) is 5.75. The van der Waals surface area contributed by atoms with Crippen molar-refractivity contribution in [1.29, 1.82) is 0 Å². The third-order valence-corrected chi connectivity index (χ3v) is 2.33. The molecule has 12 heavy (non-hydrogen) atoms. The summed E-state index contributed by atoms with van der Waals surface area (Å²) in [7, 11) is 0.